The molecule has 0 saturated carbocycles. The molecular formula is C18H22N4O2S. The molecule has 0 aliphatic carbocycles. The number of thioether (sulfide) groups is 1. The first-order valence-corrected chi connectivity index (χ1v) is 9.33. The molecule has 2 aromatic heterocycles. The van der Waals surface area contributed by atoms with E-state index >= 15 is 0 Å². The number of hydrogen-bond acceptors (Lipinski definition) is 5. The number of hydrogen-bond donors (Lipinski definition) is 0. The van der Waals surface area contributed by atoms with Crippen LogP contribution in [0, 0.1) is 0 Å². The molecular weight excluding hydrogens is 336 g/mol. The summed E-state index contributed by atoms with van der Waals surface area (Å²) in [5, 5.41) is 9.73. The average Bonchev–Trinajstić information content (AvgIpc) is 3.22. The fourth-order valence-electron chi connectivity index (χ4n) is 2.62. The lowest BCUT2D eigenvalue weighted by Gasteiger charge is -2.15. The van der Waals surface area contributed by atoms with Crippen molar-refractivity contribution < 1.29 is 9.21 Å². The smallest absolute Gasteiger partial charge is 0.277 e. The van der Waals surface area contributed by atoms with E-state index in [0.29, 0.717) is 16.9 Å². The van der Waals surface area contributed by atoms with Crippen LogP contribution in [0.1, 0.15) is 19.8 Å². The molecule has 0 radical (unpaired) electrons. The first-order chi connectivity index (χ1) is 12.1. The number of fused-ring (bicyclic) bond motifs is 1. The van der Waals surface area contributed by atoms with Crippen LogP contribution in [0.3, 0.4) is 0 Å². The summed E-state index contributed by atoms with van der Waals surface area (Å²) in [6.07, 6.45) is 2.08. The standard InChI is InChI=1S/C18H22N4O2S/c1-4-5-10-21(2)16(23)12-25-18-20-19-17(24-18)15-11-13-8-6-7-9-14(13)22(15)3/h6-9,11H,4-5,10,12H2,1-3H3. The zero-order valence-electron chi connectivity index (χ0n) is 14.7. The van der Waals surface area contributed by atoms with E-state index in [9.17, 15) is 4.79 Å². The van der Waals surface area contributed by atoms with Crippen LogP contribution in [0.25, 0.3) is 22.5 Å². The zero-order chi connectivity index (χ0) is 17.8. The number of aryl methyl sites for hydroxylation is 1. The van der Waals surface area contributed by atoms with E-state index in [2.05, 4.69) is 29.3 Å². The van der Waals surface area contributed by atoms with Gasteiger partial charge in [-0.1, -0.05) is 43.3 Å². The van der Waals surface area contributed by atoms with Gasteiger partial charge >= 0.3 is 0 Å². The predicted molar refractivity (Wildman–Crippen MR) is 99.5 cm³/mol. The van der Waals surface area contributed by atoms with Crippen molar-refractivity contribution in [3.05, 3.63) is 30.3 Å². The Bertz CT molecular complexity index is 871. The van der Waals surface area contributed by atoms with Gasteiger partial charge in [0.05, 0.1) is 5.75 Å². The summed E-state index contributed by atoms with van der Waals surface area (Å²) in [6, 6.07) is 10.1. The fraction of sp³-hybridized carbons (Fsp3) is 0.389. The van der Waals surface area contributed by atoms with Crippen molar-refractivity contribution in [3.63, 3.8) is 0 Å². The predicted octanol–water partition coefficient (Wildman–Crippen LogP) is 3.58. The van der Waals surface area contributed by atoms with Crippen LogP contribution in [0.4, 0.5) is 0 Å². The van der Waals surface area contributed by atoms with Gasteiger partial charge < -0.3 is 13.9 Å². The van der Waals surface area contributed by atoms with Gasteiger partial charge in [0.2, 0.25) is 5.91 Å². The van der Waals surface area contributed by atoms with Crippen LogP contribution in [0.5, 0.6) is 0 Å². The number of unbranched alkanes of at least 4 members (excludes halogenated alkanes) is 1. The summed E-state index contributed by atoms with van der Waals surface area (Å²) in [4.78, 5) is 13.8. The van der Waals surface area contributed by atoms with Crippen molar-refractivity contribution in [1.29, 1.82) is 0 Å². The molecule has 0 unspecified atom stereocenters. The van der Waals surface area contributed by atoms with Crippen molar-refractivity contribution >= 4 is 28.6 Å². The van der Waals surface area contributed by atoms with Gasteiger partial charge in [-0.3, -0.25) is 4.79 Å². The van der Waals surface area contributed by atoms with Gasteiger partial charge in [0, 0.05) is 31.5 Å². The highest BCUT2D eigenvalue weighted by Crippen LogP contribution is 2.28. The van der Waals surface area contributed by atoms with Crippen LogP contribution >= 0.6 is 11.8 Å². The lowest BCUT2D eigenvalue weighted by Crippen LogP contribution is -2.29. The Kier molecular flexibility index (Phi) is 5.43. The Morgan fingerprint density at radius 2 is 2.12 bits per heavy atom. The molecule has 0 saturated heterocycles. The van der Waals surface area contributed by atoms with E-state index in [1.54, 1.807) is 4.90 Å². The summed E-state index contributed by atoms with van der Waals surface area (Å²) in [7, 11) is 3.80. The molecule has 0 spiro atoms. The number of nitrogens with zero attached hydrogens (tertiary/aromatic N) is 4. The van der Waals surface area contributed by atoms with Crippen molar-refractivity contribution in [2.24, 2.45) is 7.05 Å². The first-order valence-electron chi connectivity index (χ1n) is 8.35. The van der Waals surface area contributed by atoms with Gasteiger partial charge in [0.1, 0.15) is 5.69 Å². The largest absolute Gasteiger partial charge is 0.410 e. The van der Waals surface area contributed by atoms with Crippen LogP contribution in [-0.4, -0.2) is 44.9 Å². The van der Waals surface area contributed by atoms with E-state index < -0.39 is 0 Å². The molecule has 1 amide bonds. The molecule has 0 bridgehead atoms. The maximum Gasteiger partial charge on any atom is 0.277 e. The number of amides is 1. The molecule has 132 valence electrons. The third kappa shape index (κ3) is 3.87. The number of aromatic nitrogens is 3. The quantitative estimate of drug-likeness (QED) is 0.604. The van der Waals surface area contributed by atoms with Crippen LogP contribution in [0.2, 0.25) is 0 Å². The van der Waals surface area contributed by atoms with E-state index in [1.165, 1.54) is 11.8 Å². The maximum atomic E-state index is 12.1. The lowest BCUT2D eigenvalue weighted by molar-refractivity contribution is -0.127. The van der Waals surface area contributed by atoms with E-state index in [4.69, 9.17) is 4.42 Å². The topological polar surface area (TPSA) is 64.2 Å². The van der Waals surface area contributed by atoms with Gasteiger partial charge in [0.15, 0.2) is 0 Å². The highest BCUT2D eigenvalue weighted by atomic mass is 32.2. The summed E-state index contributed by atoms with van der Waals surface area (Å²) in [5.41, 5.74) is 1.98. The molecule has 3 aromatic rings. The Morgan fingerprint density at radius 3 is 2.88 bits per heavy atom. The number of para-hydroxylation sites is 1. The van der Waals surface area contributed by atoms with Gasteiger partial charge in [-0.25, -0.2) is 0 Å². The zero-order valence-corrected chi connectivity index (χ0v) is 15.5. The number of carbonyl (C=O) groups is 1. The monoisotopic (exact) mass is 358 g/mol. The molecule has 6 nitrogen and oxygen atoms in total. The molecule has 25 heavy (non-hydrogen) atoms. The van der Waals surface area contributed by atoms with Gasteiger partial charge in [-0.2, -0.15) is 0 Å². The minimum atomic E-state index is 0.0720. The van der Waals surface area contributed by atoms with E-state index in [-0.39, 0.29) is 5.91 Å². The lowest BCUT2D eigenvalue weighted by atomic mass is 10.2. The molecule has 0 aliphatic rings. The second-order valence-electron chi connectivity index (χ2n) is 5.98. The maximum absolute atomic E-state index is 12.1. The van der Waals surface area contributed by atoms with E-state index in [1.807, 2.05) is 36.9 Å². The van der Waals surface area contributed by atoms with Gasteiger partial charge in [-0.05, 0) is 18.6 Å². The molecule has 2 heterocycles. The molecule has 3 rings (SSSR count). The summed E-state index contributed by atoms with van der Waals surface area (Å²) in [6.45, 7) is 2.89. The van der Waals surface area contributed by atoms with Crippen LogP contribution in [-0.2, 0) is 11.8 Å². The van der Waals surface area contributed by atoms with Crippen molar-refractivity contribution in [3.8, 4) is 11.6 Å². The normalized spacial score (nSPS) is 11.2. The number of benzene rings is 1. The van der Waals surface area contributed by atoms with Gasteiger partial charge in [0.25, 0.3) is 11.1 Å². The molecule has 7 heteroatoms. The van der Waals surface area contributed by atoms with Crippen molar-refractivity contribution in [2.45, 2.75) is 25.0 Å². The third-order valence-corrected chi connectivity index (χ3v) is 4.97. The Hall–Kier alpha value is -2.28. The Balaban J connectivity index is 1.68. The van der Waals surface area contributed by atoms with E-state index in [0.717, 1.165) is 36.0 Å². The summed E-state index contributed by atoms with van der Waals surface area (Å²) < 4.78 is 7.77. The third-order valence-electron chi connectivity index (χ3n) is 4.17. The fourth-order valence-corrected chi connectivity index (χ4v) is 3.32. The number of carbonyl (C=O) groups excluding carboxylic acids is 1. The second-order valence-corrected chi connectivity index (χ2v) is 6.90. The molecule has 0 atom stereocenters. The van der Waals surface area contributed by atoms with Crippen molar-refractivity contribution in [2.75, 3.05) is 19.3 Å². The van der Waals surface area contributed by atoms with Crippen molar-refractivity contribution in [1.82, 2.24) is 19.7 Å². The molecule has 0 fully saturated rings. The number of rotatable bonds is 7. The minimum Gasteiger partial charge on any atom is -0.410 e. The molecule has 0 N–H and O–H groups in total. The first kappa shape index (κ1) is 17.5. The molecule has 1 aromatic carbocycles. The van der Waals surface area contributed by atoms with Gasteiger partial charge in [-0.15, -0.1) is 10.2 Å². The Labute approximate surface area is 151 Å². The Morgan fingerprint density at radius 1 is 1.32 bits per heavy atom. The summed E-state index contributed by atoms with van der Waals surface area (Å²) >= 11 is 1.28. The SMILES string of the molecule is CCCCN(C)C(=O)CSc1nnc(-c2cc3ccccc3n2C)o1. The second kappa shape index (κ2) is 7.74. The van der Waals surface area contributed by atoms with Crippen LogP contribution < -0.4 is 0 Å². The minimum absolute atomic E-state index is 0.0720. The highest BCUT2D eigenvalue weighted by Gasteiger charge is 2.16. The highest BCUT2D eigenvalue weighted by molar-refractivity contribution is 7.99. The van der Waals surface area contributed by atoms with Crippen LogP contribution in [0.15, 0.2) is 40.0 Å². The molecule has 0 aliphatic heterocycles. The average molecular weight is 358 g/mol. The summed E-state index contributed by atoms with van der Waals surface area (Å²) in [5.74, 6) is 0.840.